The van der Waals surface area contributed by atoms with Gasteiger partial charge in [0.25, 0.3) is 5.89 Å². The summed E-state index contributed by atoms with van der Waals surface area (Å²) in [6, 6.07) is 19.9. The van der Waals surface area contributed by atoms with E-state index in [0.29, 0.717) is 23.4 Å². The highest BCUT2D eigenvalue weighted by atomic mass is 32.1. The van der Waals surface area contributed by atoms with E-state index in [-0.39, 0.29) is 6.04 Å². The van der Waals surface area contributed by atoms with Crippen LogP contribution in [0.15, 0.2) is 76.3 Å². The molecule has 0 aliphatic carbocycles. The molecule has 172 valence electrons. The third-order valence-corrected chi connectivity index (χ3v) is 7.05. The van der Waals surface area contributed by atoms with Gasteiger partial charge in [-0.1, -0.05) is 47.1 Å². The minimum Gasteiger partial charge on any atom is -0.497 e. The van der Waals surface area contributed by atoms with Gasteiger partial charge in [-0.15, -0.1) is 11.3 Å². The summed E-state index contributed by atoms with van der Waals surface area (Å²) < 4.78 is 11.3. The highest BCUT2D eigenvalue weighted by Gasteiger charge is 2.34. The van der Waals surface area contributed by atoms with Crippen LogP contribution in [0.1, 0.15) is 34.9 Å². The van der Waals surface area contributed by atoms with Gasteiger partial charge in [-0.2, -0.15) is 4.98 Å². The summed E-state index contributed by atoms with van der Waals surface area (Å²) in [4.78, 5) is 8.10. The van der Waals surface area contributed by atoms with Crippen LogP contribution in [0.5, 0.6) is 5.75 Å². The van der Waals surface area contributed by atoms with Crippen molar-refractivity contribution < 1.29 is 9.26 Å². The van der Waals surface area contributed by atoms with E-state index in [0.717, 1.165) is 33.7 Å². The lowest BCUT2D eigenvalue weighted by Gasteiger charge is -2.37. The molecule has 0 bridgehead atoms. The summed E-state index contributed by atoms with van der Waals surface area (Å²) in [5.41, 5.74) is 4.93. The van der Waals surface area contributed by atoms with Gasteiger partial charge >= 0.3 is 0 Å². The van der Waals surface area contributed by atoms with E-state index in [9.17, 15) is 0 Å². The number of aromatic nitrogens is 2. The maximum absolute atomic E-state index is 5.84. The van der Waals surface area contributed by atoms with Crippen LogP contribution < -0.4 is 10.1 Å². The minimum atomic E-state index is -0.256. The number of benzene rings is 2. The fourth-order valence-corrected chi connectivity index (χ4v) is 5.12. The number of ether oxygens (including phenoxy) is 1. The first kappa shape index (κ1) is 22.3. The van der Waals surface area contributed by atoms with Crippen LogP contribution in [0.3, 0.4) is 0 Å². The Hall–Kier alpha value is -3.49. The first-order valence-electron chi connectivity index (χ1n) is 10.9. The van der Waals surface area contributed by atoms with Gasteiger partial charge in [0.2, 0.25) is 5.82 Å². The SMILES string of the molecule is COc1cccc(C2NC(=S)N(Cc3cccs3)C(C)=C2c2nc(-c3cccc(C)c3)no2)c1. The van der Waals surface area contributed by atoms with Crippen LogP contribution >= 0.6 is 23.6 Å². The van der Waals surface area contributed by atoms with Crippen molar-refractivity contribution in [2.24, 2.45) is 0 Å². The number of thiophene rings is 1. The molecule has 3 heterocycles. The van der Waals surface area contributed by atoms with Crippen molar-refractivity contribution in [2.75, 3.05) is 7.11 Å². The molecule has 1 aliphatic heterocycles. The predicted octanol–water partition coefficient (Wildman–Crippen LogP) is 5.98. The summed E-state index contributed by atoms with van der Waals surface area (Å²) in [7, 11) is 1.66. The van der Waals surface area contributed by atoms with E-state index in [1.165, 1.54) is 4.88 Å². The van der Waals surface area contributed by atoms with Gasteiger partial charge in [0.15, 0.2) is 5.11 Å². The number of aryl methyl sites for hydroxylation is 1. The zero-order chi connectivity index (χ0) is 23.7. The van der Waals surface area contributed by atoms with Gasteiger partial charge in [0.1, 0.15) is 5.75 Å². The molecule has 1 aliphatic rings. The van der Waals surface area contributed by atoms with E-state index >= 15 is 0 Å². The maximum atomic E-state index is 5.84. The molecule has 1 atom stereocenters. The van der Waals surface area contributed by atoms with Gasteiger partial charge in [-0.05, 0) is 61.3 Å². The molecule has 1 N–H and O–H groups in total. The van der Waals surface area contributed by atoms with E-state index in [1.807, 2.05) is 61.5 Å². The first-order chi connectivity index (χ1) is 16.5. The summed E-state index contributed by atoms with van der Waals surface area (Å²) in [5, 5.41) is 10.5. The second-order valence-electron chi connectivity index (χ2n) is 8.12. The number of nitrogens with zero attached hydrogens (tertiary/aromatic N) is 3. The van der Waals surface area contributed by atoms with Gasteiger partial charge in [-0.3, -0.25) is 0 Å². The van der Waals surface area contributed by atoms with Crippen LogP contribution in [0.25, 0.3) is 17.0 Å². The molecule has 0 fully saturated rings. The number of hydrogen-bond acceptors (Lipinski definition) is 6. The van der Waals surface area contributed by atoms with Gasteiger partial charge < -0.3 is 19.5 Å². The van der Waals surface area contributed by atoms with Crippen molar-refractivity contribution >= 4 is 34.2 Å². The number of thiocarbonyl (C=S) groups is 1. The molecule has 8 heteroatoms. The van der Waals surface area contributed by atoms with Gasteiger partial charge in [0, 0.05) is 16.1 Å². The average molecular weight is 489 g/mol. The Balaban J connectivity index is 1.61. The zero-order valence-electron chi connectivity index (χ0n) is 19.1. The monoisotopic (exact) mass is 488 g/mol. The lowest BCUT2D eigenvalue weighted by Crippen LogP contribution is -2.45. The molecule has 4 aromatic rings. The predicted molar refractivity (Wildman–Crippen MR) is 138 cm³/mol. The zero-order valence-corrected chi connectivity index (χ0v) is 20.7. The first-order valence-corrected chi connectivity index (χ1v) is 12.2. The molecular weight excluding hydrogens is 464 g/mol. The molecule has 34 heavy (non-hydrogen) atoms. The van der Waals surface area contributed by atoms with Crippen molar-refractivity contribution in [3.63, 3.8) is 0 Å². The molecule has 2 aromatic heterocycles. The number of nitrogens with one attached hydrogen (secondary N) is 1. The minimum absolute atomic E-state index is 0.256. The van der Waals surface area contributed by atoms with E-state index in [2.05, 4.69) is 33.7 Å². The Bertz CT molecular complexity index is 1360. The summed E-state index contributed by atoms with van der Waals surface area (Å²) in [6.45, 7) is 4.77. The van der Waals surface area contributed by atoms with Crippen LogP contribution in [-0.2, 0) is 6.54 Å². The Labute approximate surface area is 207 Å². The number of hydrogen-bond donors (Lipinski definition) is 1. The van der Waals surface area contributed by atoms with Crippen molar-refractivity contribution in [1.82, 2.24) is 20.4 Å². The van der Waals surface area contributed by atoms with Crippen molar-refractivity contribution in [1.29, 1.82) is 0 Å². The van der Waals surface area contributed by atoms with Gasteiger partial charge in [0.05, 0.1) is 25.3 Å². The molecule has 0 amide bonds. The quantitative estimate of drug-likeness (QED) is 0.335. The molecule has 6 nitrogen and oxygen atoms in total. The molecular formula is C26H24N4O2S2. The normalized spacial score (nSPS) is 16.0. The number of methoxy groups -OCH3 is 1. The highest BCUT2D eigenvalue weighted by Crippen LogP contribution is 2.39. The second kappa shape index (κ2) is 9.40. The molecule has 0 saturated heterocycles. The number of allylic oxidation sites excluding steroid dienone is 1. The highest BCUT2D eigenvalue weighted by molar-refractivity contribution is 7.80. The lowest BCUT2D eigenvalue weighted by molar-refractivity contribution is 0.395. The molecule has 0 spiro atoms. The summed E-state index contributed by atoms with van der Waals surface area (Å²) in [6.07, 6.45) is 0. The Morgan fingerprint density at radius 1 is 1.12 bits per heavy atom. The average Bonchev–Trinajstić information content (AvgIpc) is 3.54. The molecule has 0 radical (unpaired) electrons. The van der Waals surface area contributed by atoms with Gasteiger partial charge in [-0.25, -0.2) is 0 Å². The van der Waals surface area contributed by atoms with Crippen LogP contribution in [0.4, 0.5) is 0 Å². The Morgan fingerprint density at radius 2 is 1.97 bits per heavy atom. The molecule has 1 unspecified atom stereocenters. The third-order valence-electron chi connectivity index (χ3n) is 5.85. The topological polar surface area (TPSA) is 63.4 Å². The second-order valence-corrected chi connectivity index (χ2v) is 9.54. The Morgan fingerprint density at radius 3 is 2.74 bits per heavy atom. The fourth-order valence-electron chi connectivity index (χ4n) is 4.11. The molecule has 2 aromatic carbocycles. The third kappa shape index (κ3) is 4.34. The maximum Gasteiger partial charge on any atom is 0.258 e. The largest absolute Gasteiger partial charge is 0.497 e. The lowest BCUT2D eigenvalue weighted by atomic mass is 9.94. The Kier molecular flexibility index (Phi) is 6.17. The van der Waals surface area contributed by atoms with Crippen LogP contribution in [-0.4, -0.2) is 27.3 Å². The van der Waals surface area contributed by atoms with E-state index < -0.39 is 0 Å². The smallest absolute Gasteiger partial charge is 0.258 e. The fraction of sp³-hybridized carbons (Fsp3) is 0.192. The van der Waals surface area contributed by atoms with Crippen LogP contribution in [0.2, 0.25) is 0 Å². The standard InChI is InChI=1S/C26H24N4O2S2/c1-16-7-4-9-19(13-16)24-28-25(32-29-24)22-17(2)30(15-21-11-6-12-34-21)26(33)27-23(22)18-8-5-10-20(14-18)31-3/h4-14,23H,15H2,1-3H3,(H,27,33). The summed E-state index contributed by atoms with van der Waals surface area (Å²) >= 11 is 7.50. The summed E-state index contributed by atoms with van der Waals surface area (Å²) in [5.74, 6) is 1.79. The molecule has 0 saturated carbocycles. The van der Waals surface area contributed by atoms with Crippen molar-refractivity contribution in [2.45, 2.75) is 26.4 Å². The van der Waals surface area contributed by atoms with Crippen molar-refractivity contribution in [3.8, 4) is 17.1 Å². The number of rotatable bonds is 6. The van der Waals surface area contributed by atoms with E-state index in [1.54, 1.807) is 18.4 Å². The van der Waals surface area contributed by atoms with Crippen molar-refractivity contribution in [3.05, 3.63) is 93.6 Å². The molecule has 5 rings (SSSR count). The van der Waals surface area contributed by atoms with Crippen LogP contribution in [0, 0.1) is 6.92 Å². The van der Waals surface area contributed by atoms with E-state index in [4.69, 9.17) is 26.5 Å².